The maximum absolute atomic E-state index is 10.1. The van der Waals surface area contributed by atoms with E-state index >= 15 is 0 Å². The van der Waals surface area contributed by atoms with Crippen molar-refractivity contribution in [1.29, 1.82) is 0 Å². The minimum atomic E-state index is -0.0588. The first kappa shape index (κ1) is 9.13. The Morgan fingerprint density at radius 3 is 2.43 bits per heavy atom. The molecule has 2 aliphatic heterocycles. The Hall–Kier alpha value is -0.120. The first-order valence-corrected chi connectivity index (χ1v) is 5.97. The van der Waals surface area contributed by atoms with Crippen LogP contribution >= 0.6 is 0 Å². The smallest absolute Gasteiger partial charge is 0.0698 e. The number of rotatable bonds is 1. The van der Waals surface area contributed by atoms with E-state index < -0.39 is 0 Å². The summed E-state index contributed by atoms with van der Waals surface area (Å²) in [6.45, 7) is 4.75. The maximum Gasteiger partial charge on any atom is 0.0698 e. The van der Waals surface area contributed by atoms with Crippen molar-refractivity contribution < 1.29 is 5.11 Å². The van der Waals surface area contributed by atoms with Crippen molar-refractivity contribution in [2.24, 2.45) is 11.8 Å². The van der Waals surface area contributed by atoms with Gasteiger partial charge >= 0.3 is 0 Å². The van der Waals surface area contributed by atoms with Crippen LogP contribution in [-0.2, 0) is 0 Å². The van der Waals surface area contributed by atoms with E-state index in [9.17, 15) is 5.11 Å². The Kier molecular flexibility index (Phi) is 2.26. The zero-order valence-corrected chi connectivity index (χ0v) is 8.65. The van der Waals surface area contributed by atoms with Crippen LogP contribution in [0.5, 0.6) is 0 Å². The molecule has 0 aromatic rings. The van der Waals surface area contributed by atoms with E-state index in [0.29, 0.717) is 6.04 Å². The number of aliphatic hydroxyl groups is 1. The van der Waals surface area contributed by atoms with Gasteiger partial charge in [-0.2, -0.15) is 0 Å². The van der Waals surface area contributed by atoms with Crippen LogP contribution < -0.4 is 5.32 Å². The van der Waals surface area contributed by atoms with Crippen molar-refractivity contribution in [3.8, 4) is 0 Å². The predicted octanol–water partition coefficient (Wildman–Crippen LogP) is 0.0510. The average molecular weight is 196 g/mol. The van der Waals surface area contributed by atoms with E-state index in [-0.39, 0.29) is 6.10 Å². The molecule has 0 spiro atoms. The molecular formula is C11H20N2O. The molecule has 3 fully saturated rings. The second-order valence-electron chi connectivity index (χ2n) is 5.17. The lowest BCUT2D eigenvalue weighted by molar-refractivity contribution is -0.0336. The summed E-state index contributed by atoms with van der Waals surface area (Å²) in [5.41, 5.74) is 0. The highest BCUT2D eigenvalue weighted by molar-refractivity contribution is 4.96. The number of nitrogens with one attached hydrogen (secondary N) is 1. The largest absolute Gasteiger partial charge is 0.391 e. The number of hydrogen-bond acceptors (Lipinski definition) is 3. The van der Waals surface area contributed by atoms with Gasteiger partial charge in [0.05, 0.1) is 6.10 Å². The van der Waals surface area contributed by atoms with Crippen LogP contribution in [0.1, 0.15) is 19.3 Å². The summed E-state index contributed by atoms with van der Waals surface area (Å²) >= 11 is 0. The lowest BCUT2D eigenvalue weighted by Gasteiger charge is -2.45. The number of fused-ring (bicyclic) bond motifs is 1. The Morgan fingerprint density at radius 1 is 1.07 bits per heavy atom. The number of aliphatic hydroxyl groups excluding tert-OH is 1. The lowest BCUT2D eigenvalue weighted by Crippen LogP contribution is -2.54. The molecule has 3 rings (SSSR count). The summed E-state index contributed by atoms with van der Waals surface area (Å²) in [5, 5.41) is 13.5. The van der Waals surface area contributed by atoms with Gasteiger partial charge in [-0.05, 0) is 57.3 Å². The quantitative estimate of drug-likeness (QED) is 0.622. The highest BCUT2D eigenvalue weighted by Gasteiger charge is 2.41. The predicted molar refractivity (Wildman–Crippen MR) is 55.1 cm³/mol. The fourth-order valence-electron chi connectivity index (χ4n) is 3.34. The van der Waals surface area contributed by atoms with Crippen LogP contribution in [0.15, 0.2) is 0 Å². The van der Waals surface area contributed by atoms with Crippen LogP contribution in [0.3, 0.4) is 0 Å². The first-order valence-electron chi connectivity index (χ1n) is 5.97. The third-order valence-corrected chi connectivity index (χ3v) is 4.37. The molecule has 2 heterocycles. The normalized spacial score (nSPS) is 48.6. The summed E-state index contributed by atoms with van der Waals surface area (Å²) < 4.78 is 0. The summed E-state index contributed by atoms with van der Waals surface area (Å²) in [6, 6.07) is 0.477. The zero-order valence-electron chi connectivity index (χ0n) is 8.65. The number of hydrogen-bond donors (Lipinski definition) is 2. The standard InChI is InChI=1S/C11H20N2O/c14-11-5-9-7-12-6-8(9)4-10(11)13-2-1-3-13/h8-12,14H,1-7H2. The third kappa shape index (κ3) is 1.38. The molecule has 14 heavy (non-hydrogen) atoms. The minimum absolute atomic E-state index is 0.0588. The van der Waals surface area contributed by atoms with Crippen molar-refractivity contribution in [2.45, 2.75) is 31.4 Å². The Labute approximate surface area is 85.5 Å². The molecule has 4 atom stereocenters. The lowest BCUT2D eigenvalue weighted by atomic mass is 9.76. The van der Waals surface area contributed by atoms with Crippen LogP contribution in [-0.4, -0.2) is 48.3 Å². The van der Waals surface area contributed by atoms with Gasteiger partial charge in [0.15, 0.2) is 0 Å². The monoisotopic (exact) mass is 196 g/mol. The fraction of sp³-hybridized carbons (Fsp3) is 1.00. The molecule has 80 valence electrons. The molecule has 3 heteroatoms. The Bertz CT molecular complexity index is 217. The maximum atomic E-state index is 10.1. The van der Waals surface area contributed by atoms with Crippen LogP contribution in [0.25, 0.3) is 0 Å². The number of likely N-dealkylation sites (tertiary alicyclic amines) is 1. The molecule has 0 aromatic carbocycles. The molecule has 3 aliphatic rings. The second-order valence-corrected chi connectivity index (χ2v) is 5.17. The van der Waals surface area contributed by atoms with Crippen LogP contribution in [0.4, 0.5) is 0 Å². The molecule has 0 aromatic heterocycles. The number of nitrogens with zero attached hydrogens (tertiary/aromatic N) is 1. The van der Waals surface area contributed by atoms with Crippen molar-refractivity contribution >= 4 is 0 Å². The molecular weight excluding hydrogens is 176 g/mol. The SMILES string of the molecule is OC1CC2CNCC2CC1N1CCC1. The summed E-state index contributed by atoms with van der Waals surface area (Å²) in [7, 11) is 0. The van der Waals surface area contributed by atoms with E-state index in [1.54, 1.807) is 0 Å². The highest BCUT2D eigenvalue weighted by atomic mass is 16.3. The van der Waals surface area contributed by atoms with Crippen molar-refractivity contribution in [3.63, 3.8) is 0 Å². The molecule has 0 radical (unpaired) electrons. The third-order valence-electron chi connectivity index (χ3n) is 4.37. The Balaban J connectivity index is 1.67. The van der Waals surface area contributed by atoms with Crippen molar-refractivity contribution in [2.75, 3.05) is 26.2 Å². The van der Waals surface area contributed by atoms with Gasteiger partial charge in [-0.1, -0.05) is 0 Å². The van der Waals surface area contributed by atoms with E-state index in [2.05, 4.69) is 10.2 Å². The van der Waals surface area contributed by atoms with E-state index in [4.69, 9.17) is 0 Å². The average Bonchev–Trinajstić information content (AvgIpc) is 2.48. The van der Waals surface area contributed by atoms with Gasteiger partial charge in [-0.25, -0.2) is 0 Å². The topological polar surface area (TPSA) is 35.5 Å². The van der Waals surface area contributed by atoms with Crippen molar-refractivity contribution in [1.82, 2.24) is 10.2 Å². The first-order chi connectivity index (χ1) is 6.84. The molecule has 0 bridgehead atoms. The second kappa shape index (κ2) is 3.47. The van der Waals surface area contributed by atoms with Crippen LogP contribution in [0, 0.1) is 11.8 Å². The molecule has 2 N–H and O–H groups in total. The summed E-state index contributed by atoms with van der Waals surface area (Å²) in [4.78, 5) is 2.47. The van der Waals surface area contributed by atoms with E-state index in [1.807, 2.05) is 0 Å². The molecule has 2 saturated heterocycles. The molecule has 3 nitrogen and oxygen atoms in total. The van der Waals surface area contributed by atoms with Crippen molar-refractivity contribution in [3.05, 3.63) is 0 Å². The van der Waals surface area contributed by atoms with Gasteiger partial charge < -0.3 is 10.4 Å². The van der Waals surface area contributed by atoms with Gasteiger partial charge in [-0.15, -0.1) is 0 Å². The van der Waals surface area contributed by atoms with Gasteiger partial charge in [0.2, 0.25) is 0 Å². The molecule has 1 saturated carbocycles. The van der Waals surface area contributed by atoms with Gasteiger partial charge in [0.1, 0.15) is 0 Å². The highest BCUT2D eigenvalue weighted by Crippen LogP contribution is 2.36. The van der Waals surface area contributed by atoms with Gasteiger partial charge in [0.25, 0.3) is 0 Å². The van der Waals surface area contributed by atoms with Crippen LogP contribution in [0.2, 0.25) is 0 Å². The summed E-state index contributed by atoms with van der Waals surface area (Å²) in [6.07, 6.45) is 3.52. The fourth-order valence-corrected chi connectivity index (χ4v) is 3.34. The molecule has 1 aliphatic carbocycles. The molecule has 0 amide bonds. The van der Waals surface area contributed by atoms with Gasteiger partial charge in [-0.3, -0.25) is 4.90 Å². The minimum Gasteiger partial charge on any atom is -0.391 e. The summed E-state index contributed by atoms with van der Waals surface area (Å²) in [5.74, 6) is 1.59. The Morgan fingerprint density at radius 2 is 1.79 bits per heavy atom. The van der Waals surface area contributed by atoms with E-state index in [1.165, 1.54) is 32.5 Å². The van der Waals surface area contributed by atoms with E-state index in [0.717, 1.165) is 24.8 Å². The zero-order chi connectivity index (χ0) is 9.54. The molecule has 4 unspecified atom stereocenters. The van der Waals surface area contributed by atoms with Gasteiger partial charge in [0, 0.05) is 6.04 Å².